The number of methoxy groups -OCH3 is 2. The highest BCUT2D eigenvalue weighted by Gasteiger charge is 2.28. The molecule has 73 heavy (non-hydrogen) atoms. The van der Waals surface area contributed by atoms with Crippen LogP contribution < -0.4 is 24.6 Å². The number of rotatable bonds is 22. The molecule has 2 aliphatic heterocycles. The maximum atomic E-state index is 13.1. The summed E-state index contributed by atoms with van der Waals surface area (Å²) < 4.78 is 64.6. The van der Waals surface area contributed by atoms with Crippen LogP contribution in [0.5, 0.6) is 11.5 Å². The highest BCUT2D eigenvalue weighted by molar-refractivity contribution is 8.00. The summed E-state index contributed by atoms with van der Waals surface area (Å²) in [5.41, 5.74) is 5.09. The zero-order valence-corrected chi connectivity index (χ0v) is 47.6. The molecule has 0 bridgehead atoms. The molecule has 2 aromatic heterocycles. The average Bonchev–Trinajstić information content (AvgIpc) is 3.37. The van der Waals surface area contributed by atoms with Gasteiger partial charge >= 0.3 is 5.97 Å². The van der Waals surface area contributed by atoms with Gasteiger partial charge in [0.15, 0.2) is 0 Å². The first kappa shape index (κ1) is 60.9. The van der Waals surface area contributed by atoms with Gasteiger partial charge in [-0.25, -0.2) is 25.4 Å². The smallest absolute Gasteiger partial charge is 0.313 e. The minimum Gasteiger partial charge on any atom is -0.497 e. The molecule has 0 atom stereocenters. The minimum absolute atomic E-state index is 0.0333. The number of nitrogens with one attached hydrogen (secondary N) is 1. The van der Waals surface area contributed by atoms with Gasteiger partial charge in [0, 0.05) is 115 Å². The van der Waals surface area contributed by atoms with Crippen LogP contribution in [0.2, 0.25) is 0 Å². The van der Waals surface area contributed by atoms with Gasteiger partial charge in [0.05, 0.1) is 35.5 Å². The second-order valence-electron chi connectivity index (χ2n) is 18.4. The van der Waals surface area contributed by atoms with Crippen LogP contribution in [0.4, 0.5) is 11.4 Å². The lowest BCUT2D eigenvalue weighted by molar-refractivity contribution is -0.134. The fourth-order valence-electron chi connectivity index (χ4n) is 8.89. The summed E-state index contributed by atoms with van der Waals surface area (Å²) in [5, 5.41) is 11.8. The van der Waals surface area contributed by atoms with Crippen LogP contribution in [0.15, 0.2) is 83.1 Å². The molecule has 1 amide bonds. The van der Waals surface area contributed by atoms with E-state index in [4.69, 9.17) is 14.6 Å². The van der Waals surface area contributed by atoms with Crippen molar-refractivity contribution in [3.8, 4) is 11.5 Å². The lowest BCUT2D eigenvalue weighted by atomic mass is 9.96. The molecule has 0 radical (unpaired) electrons. The van der Waals surface area contributed by atoms with E-state index in [-0.39, 0.29) is 23.1 Å². The standard InChI is InChI=1S/C26H38N4O4S2.C14H21NO5S2.C12H19N3/c1-20-16-24(34-5)17-21(2)26(20)36(32,33)29(4)14-15-35-19-25(31)28(3)18-22-8-12-30(13-9-22)23-6-10-27-11-7-23;1-10-7-12(20-4)8-11(2)14(10)22(18,19)15(3)5-6-21-9-13(16)17;1-13-10-11-4-8-15(9-5-11)12-2-6-14-7-3-12/h6-7,10-11,16-17,22H,8-9,12-15,18-19H2,1-5H3;7-8H,5-6,9H2,1-4H3,(H,16,17);2-3,6-7,11,13H,4-5,8-10H2,1H3. The predicted octanol–water partition coefficient (Wildman–Crippen LogP) is 6.70. The summed E-state index contributed by atoms with van der Waals surface area (Å²) >= 11 is 2.66. The summed E-state index contributed by atoms with van der Waals surface area (Å²) in [4.78, 5) is 38.5. The second-order valence-corrected chi connectivity index (χ2v) is 24.6. The molecular formula is C52H78N8O9S4. The normalized spacial score (nSPS) is 14.5. The molecule has 0 aliphatic carbocycles. The monoisotopic (exact) mass is 1090 g/mol. The molecule has 0 spiro atoms. The molecule has 404 valence electrons. The number of carboxylic acids is 1. The van der Waals surface area contributed by atoms with Gasteiger partial charge in [-0.15, -0.1) is 11.8 Å². The number of hydrogen-bond acceptors (Lipinski definition) is 15. The number of piperidine rings is 2. The number of anilines is 2. The summed E-state index contributed by atoms with van der Waals surface area (Å²) in [6.07, 6.45) is 12.1. The molecule has 0 saturated carbocycles. The van der Waals surface area contributed by atoms with Gasteiger partial charge in [-0.05, 0) is 150 Å². The molecule has 2 fully saturated rings. The van der Waals surface area contributed by atoms with Crippen molar-refractivity contribution < 1.29 is 41.0 Å². The van der Waals surface area contributed by atoms with E-state index in [0.717, 1.165) is 44.9 Å². The summed E-state index contributed by atoms with van der Waals surface area (Å²) in [7, 11) is 2.86. The molecule has 4 heterocycles. The Balaban J connectivity index is 0.000000264. The topological polar surface area (TPSA) is 195 Å². The van der Waals surface area contributed by atoms with E-state index in [1.807, 2.05) is 55.9 Å². The number of carboxylic acid groups (broad SMARTS) is 1. The zero-order chi connectivity index (χ0) is 53.7. The van der Waals surface area contributed by atoms with E-state index in [9.17, 15) is 26.4 Å². The van der Waals surface area contributed by atoms with Crippen molar-refractivity contribution >= 4 is 66.8 Å². The molecule has 2 N–H and O–H groups in total. The summed E-state index contributed by atoms with van der Waals surface area (Å²) in [6.45, 7) is 13.9. The van der Waals surface area contributed by atoms with E-state index in [0.29, 0.717) is 68.4 Å². The number of carbonyl (C=O) groups is 2. The number of aliphatic carboxylic acids is 1. The Morgan fingerprint density at radius 2 is 1.03 bits per heavy atom. The van der Waals surface area contributed by atoms with E-state index >= 15 is 0 Å². The highest BCUT2D eigenvalue weighted by Crippen LogP contribution is 2.30. The molecule has 6 rings (SSSR count). The average molecular weight is 1090 g/mol. The Labute approximate surface area is 443 Å². The number of ether oxygens (including phenoxy) is 2. The van der Waals surface area contributed by atoms with Crippen molar-refractivity contribution in [2.45, 2.75) is 63.2 Å². The summed E-state index contributed by atoms with van der Waals surface area (Å²) in [5.74, 6) is 3.08. The highest BCUT2D eigenvalue weighted by atomic mass is 32.2. The van der Waals surface area contributed by atoms with E-state index in [1.54, 1.807) is 66.1 Å². The molecule has 21 heteroatoms. The maximum absolute atomic E-state index is 13.1. The van der Waals surface area contributed by atoms with Gasteiger partial charge < -0.3 is 34.6 Å². The van der Waals surface area contributed by atoms with Crippen molar-refractivity contribution in [1.29, 1.82) is 0 Å². The van der Waals surface area contributed by atoms with Crippen molar-refractivity contribution in [3.05, 3.63) is 95.6 Å². The zero-order valence-electron chi connectivity index (χ0n) is 44.4. The third-order valence-electron chi connectivity index (χ3n) is 13.0. The van der Waals surface area contributed by atoms with Crippen LogP contribution in [0.1, 0.15) is 47.9 Å². The lowest BCUT2D eigenvalue weighted by Crippen LogP contribution is -2.40. The van der Waals surface area contributed by atoms with Gasteiger partial charge in [0.25, 0.3) is 0 Å². The predicted molar refractivity (Wildman–Crippen MR) is 297 cm³/mol. The quantitative estimate of drug-likeness (QED) is 0.0789. The van der Waals surface area contributed by atoms with Crippen LogP contribution in [0, 0.1) is 39.5 Å². The minimum atomic E-state index is -3.62. The number of hydrogen-bond donors (Lipinski definition) is 2. The van der Waals surface area contributed by atoms with Crippen LogP contribution in [-0.2, 0) is 29.6 Å². The molecule has 17 nitrogen and oxygen atoms in total. The van der Waals surface area contributed by atoms with Crippen molar-refractivity contribution in [2.75, 3.05) is 128 Å². The number of sulfonamides is 2. The molecular weight excluding hydrogens is 1010 g/mol. The Morgan fingerprint density at radius 3 is 1.38 bits per heavy atom. The van der Waals surface area contributed by atoms with Crippen molar-refractivity contribution in [1.82, 2.24) is 28.8 Å². The van der Waals surface area contributed by atoms with Gasteiger partial charge in [-0.3, -0.25) is 19.6 Å². The van der Waals surface area contributed by atoms with E-state index < -0.39 is 26.0 Å². The molecule has 2 aliphatic rings. The number of benzene rings is 2. The molecule has 2 aromatic carbocycles. The van der Waals surface area contributed by atoms with Crippen LogP contribution in [0.25, 0.3) is 0 Å². The first-order valence-electron chi connectivity index (χ1n) is 24.5. The maximum Gasteiger partial charge on any atom is 0.313 e. The number of amides is 1. The number of nitrogens with zero attached hydrogens (tertiary/aromatic N) is 7. The number of thioether (sulfide) groups is 2. The van der Waals surface area contributed by atoms with Crippen LogP contribution in [0.3, 0.4) is 0 Å². The van der Waals surface area contributed by atoms with Gasteiger partial charge in [-0.2, -0.15) is 11.8 Å². The van der Waals surface area contributed by atoms with Crippen LogP contribution in [-0.4, -0.2) is 175 Å². The number of pyridine rings is 2. The number of aromatic nitrogens is 2. The third kappa shape index (κ3) is 18.6. The second kappa shape index (κ2) is 30.0. The number of carbonyl (C=O) groups excluding carboxylic acids is 1. The molecule has 2 saturated heterocycles. The van der Waals surface area contributed by atoms with Crippen molar-refractivity contribution in [3.63, 3.8) is 0 Å². The van der Waals surface area contributed by atoms with E-state index in [1.165, 1.54) is 83.6 Å². The fourth-order valence-corrected chi connectivity index (χ4v) is 13.9. The first-order chi connectivity index (χ1) is 34.7. The summed E-state index contributed by atoms with van der Waals surface area (Å²) in [6, 6.07) is 15.1. The van der Waals surface area contributed by atoms with Crippen LogP contribution >= 0.6 is 23.5 Å². The largest absolute Gasteiger partial charge is 0.497 e. The first-order valence-corrected chi connectivity index (χ1v) is 29.7. The van der Waals surface area contributed by atoms with Gasteiger partial charge in [0.2, 0.25) is 26.0 Å². The Morgan fingerprint density at radius 1 is 0.658 bits per heavy atom. The molecule has 0 unspecified atom stereocenters. The fraction of sp³-hybridized carbons (Fsp3) is 0.538. The van der Waals surface area contributed by atoms with E-state index in [2.05, 4.69) is 37.2 Å². The van der Waals surface area contributed by atoms with Gasteiger partial charge in [-0.1, -0.05) is 0 Å². The van der Waals surface area contributed by atoms with Crippen molar-refractivity contribution in [2.24, 2.45) is 11.8 Å². The Hall–Kier alpha value is -4.64. The van der Waals surface area contributed by atoms with Gasteiger partial charge in [0.1, 0.15) is 11.5 Å². The Kier molecular flexibility index (Phi) is 25.1. The molecule has 4 aromatic rings. The number of aryl methyl sites for hydroxylation is 4. The SMILES string of the molecule is CNCC1CCN(c2ccncc2)CC1.COc1cc(C)c(S(=O)(=O)N(C)CCSCC(=O)N(C)CC2CCN(c3ccncc3)CC2)c(C)c1.COc1cc(C)c(S(=O)(=O)N(C)CCSCC(=O)O)c(C)c1. The Bertz CT molecular complexity index is 2520. The lowest BCUT2D eigenvalue weighted by Gasteiger charge is -2.35. The third-order valence-corrected chi connectivity index (χ3v) is 19.1.